The third-order valence-electron chi connectivity index (χ3n) is 4.28. The van der Waals surface area contributed by atoms with Crippen LogP contribution in [0, 0.1) is 13.8 Å². The van der Waals surface area contributed by atoms with Crippen molar-refractivity contribution in [2.24, 2.45) is 0 Å². The van der Waals surface area contributed by atoms with Gasteiger partial charge in [0.1, 0.15) is 13.2 Å². The van der Waals surface area contributed by atoms with Crippen molar-refractivity contribution in [1.29, 1.82) is 0 Å². The SMILES string of the molecule is COc1cc(C(=O)OCC(=O)NC(=O)Nc2ccc(C)cc2C)cc2c1OCCO2. The lowest BCUT2D eigenvalue weighted by Crippen LogP contribution is -2.37. The molecule has 3 rings (SSSR count). The molecule has 1 aliphatic heterocycles. The number of methoxy groups -OCH3 is 1. The Hall–Kier alpha value is -3.75. The summed E-state index contributed by atoms with van der Waals surface area (Å²) in [5, 5.41) is 4.69. The van der Waals surface area contributed by atoms with E-state index in [1.807, 2.05) is 26.0 Å². The molecular formula is C21H22N2O7. The third kappa shape index (κ3) is 4.99. The Kier molecular flexibility index (Phi) is 6.41. The number of carbonyl (C=O) groups excluding carboxylic acids is 3. The van der Waals surface area contributed by atoms with Crippen LogP contribution in [0.3, 0.4) is 0 Å². The van der Waals surface area contributed by atoms with Gasteiger partial charge in [0, 0.05) is 5.69 Å². The second kappa shape index (κ2) is 9.17. The molecule has 158 valence electrons. The number of imide groups is 1. The third-order valence-corrected chi connectivity index (χ3v) is 4.28. The van der Waals surface area contributed by atoms with Crippen LogP contribution in [0.4, 0.5) is 10.5 Å². The van der Waals surface area contributed by atoms with Gasteiger partial charge in [-0.1, -0.05) is 17.7 Å². The molecule has 0 saturated carbocycles. The smallest absolute Gasteiger partial charge is 0.338 e. The lowest BCUT2D eigenvalue weighted by molar-refractivity contribution is -0.123. The number of carbonyl (C=O) groups is 3. The molecule has 30 heavy (non-hydrogen) atoms. The van der Waals surface area contributed by atoms with Gasteiger partial charge in [-0.2, -0.15) is 0 Å². The Morgan fingerprint density at radius 1 is 1.07 bits per heavy atom. The number of nitrogens with one attached hydrogen (secondary N) is 2. The first-order valence-corrected chi connectivity index (χ1v) is 9.20. The molecule has 1 aliphatic rings. The number of hydrogen-bond acceptors (Lipinski definition) is 7. The number of benzene rings is 2. The monoisotopic (exact) mass is 414 g/mol. The molecule has 2 N–H and O–H groups in total. The van der Waals surface area contributed by atoms with E-state index in [0.29, 0.717) is 36.1 Å². The second-order valence-electron chi connectivity index (χ2n) is 6.60. The summed E-state index contributed by atoms with van der Waals surface area (Å²) in [7, 11) is 1.44. The summed E-state index contributed by atoms with van der Waals surface area (Å²) in [4.78, 5) is 36.2. The first kappa shape index (κ1) is 21.0. The second-order valence-corrected chi connectivity index (χ2v) is 6.60. The van der Waals surface area contributed by atoms with Crippen LogP contribution in [0.25, 0.3) is 0 Å². The highest BCUT2D eigenvalue weighted by Gasteiger charge is 2.22. The maximum absolute atomic E-state index is 12.3. The Balaban J connectivity index is 1.55. The Morgan fingerprint density at radius 3 is 2.57 bits per heavy atom. The minimum atomic E-state index is -0.768. The average Bonchev–Trinajstić information content (AvgIpc) is 2.73. The fourth-order valence-electron chi connectivity index (χ4n) is 2.88. The van der Waals surface area contributed by atoms with Crippen molar-refractivity contribution in [1.82, 2.24) is 5.32 Å². The first-order chi connectivity index (χ1) is 14.4. The number of hydrogen-bond donors (Lipinski definition) is 2. The van der Waals surface area contributed by atoms with Crippen LogP contribution in [0.2, 0.25) is 0 Å². The number of anilines is 1. The Bertz CT molecular complexity index is 970. The number of fused-ring (bicyclic) bond motifs is 1. The van der Waals surface area contributed by atoms with Crippen LogP contribution in [0.15, 0.2) is 30.3 Å². The summed E-state index contributed by atoms with van der Waals surface area (Å²) in [6, 6.07) is 7.65. The molecule has 9 nitrogen and oxygen atoms in total. The van der Waals surface area contributed by atoms with Crippen molar-refractivity contribution in [3.8, 4) is 17.2 Å². The standard InChI is InChI=1S/C21H22N2O7/c1-12-4-5-15(13(2)8-12)22-21(26)23-18(24)11-30-20(25)14-9-16(27-3)19-17(10-14)28-6-7-29-19/h4-5,8-10H,6-7,11H2,1-3H3,(H2,22,23,24,26). The predicted octanol–water partition coefficient (Wildman–Crippen LogP) is 2.59. The van der Waals surface area contributed by atoms with E-state index in [-0.39, 0.29) is 5.56 Å². The van der Waals surface area contributed by atoms with Gasteiger partial charge in [0.2, 0.25) is 5.75 Å². The number of ether oxygens (including phenoxy) is 4. The van der Waals surface area contributed by atoms with E-state index in [1.165, 1.54) is 19.2 Å². The van der Waals surface area contributed by atoms with Crippen LogP contribution in [-0.2, 0) is 9.53 Å². The lowest BCUT2D eigenvalue weighted by atomic mass is 10.1. The van der Waals surface area contributed by atoms with Gasteiger partial charge in [0.25, 0.3) is 5.91 Å². The van der Waals surface area contributed by atoms with Crippen molar-refractivity contribution in [3.63, 3.8) is 0 Å². The summed E-state index contributed by atoms with van der Waals surface area (Å²) >= 11 is 0. The van der Waals surface area contributed by atoms with E-state index in [4.69, 9.17) is 18.9 Å². The molecule has 0 aliphatic carbocycles. The highest BCUT2D eigenvalue weighted by molar-refractivity contribution is 6.02. The van der Waals surface area contributed by atoms with E-state index >= 15 is 0 Å². The van der Waals surface area contributed by atoms with Gasteiger partial charge in [-0.15, -0.1) is 0 Å². The Morgan fingerprint density at radius 2 is 1.83 bits per heavy atom. The fourth-order valence-corrected chi connectivity index (χ4v) is 2.88. The molecule has 0 unspecified atom stereocenters. The minimum absolute atomic E-state index is 0.128. The zero-order valence-corrected chi connectivity index (χ0v) is 16.9. The van der Waals surface area contributed by atoms with Crippen LogP contribution in [-0.4, -0.2) is 44.8 Å². The van der Waals surface area contributed by atoms with E-state index in [1.54, 1.807) is 6.07 Å². The fraction of sp³-hybridized carbons (Fsp3) is 0.286. The van der Waals surface area contributed by atoms with Crippen LogP contribution < -0.4 is 24.8 Å². The van der Waals surface area contributed by atoms with E-state index in [0.717, 1.165) is 11.1 Å². The number of amides is 3. The number of urea groups is 1. The summed E-state index contributed by atoms with van der Waals surface area (Å²) in [5.74, 6) is -0.465. The summed E-state index contributed by atoms with van der Waals surface area (Å²) in [5.41, 5.74) is 2.61. The number of aryl methyl sites for hydroxylation is 2. The predicted molar refractivity (Wildman–Crippen MR) is 107 cm³/mol. The largest absolute Gasteiger partial charge is 0.493 e. The van der Waals surface area contributed by atoms with Crippen LogP contribution >= 0.6 is 0 Å². The van der Waals surface area contributed by atoms with Crippen molar-refractivity contribution in [2.45, 2.75) is 13.8 Å². The maximum Gasteiger partial charge on any atom is 0.338 e. The molecule has 0 bridgehead atoms. The molecule has 1 heterocycles. The number of rotatable bonds is 5. The molecule has 0 spiro atoms. The first-order valence-electron chi connectivity index (χ1n) is 9.20. The van der Waals surface area contributed by atoms with Crippen molar-refractivity contribution in [2.75, 3.05) is 32.2 Å². The van der Waals surface area contributed by atoms with Crippen molar-refractivity contribution < 1.29 is 33.3 Å². The summed E-state index contributed by atoms with van der Waals surface area (Å²) in [6.45, 7) is 3.86. The van der Waals surface area contributed by atoms with Gasteiger partial charge in [-0.3, -0.25) is 10.1 Å². The van der Waals surface area contributed by atoms with E-state index in [2.05, 4.69) is 10.6 Å². The van der Waals surface area contributed by atoms with Crippen molar-refractivity contribution in [3.05, 3.63) is 47.0 Å². The topological polar surface area (TPSA) is 112 Å². The highest BCUT2D eigenvalue weighted by atomic mass is 16.6. The van der Waals surface area contributed by atoms with Gasteiger partial charge < -0.3 is 24.3 Å². The van der Waals surface area contributed by atoms with Crippen LogP contribution in [0.5, 0.6) is 17.2 Å². The molecule has 0 radical (unpaired) electrons. The van der Waals surface area contributed by atoms with Gasteiger partial charge in [0.05, 0.1) is 12.7 Å². The maximum atomic E-state index is 12.3. The zero-order valence-electron chi connectivity index (χ0n) is 16.9. The molecule has 9 heteroatoms. The minimum Gasteiger partial charge on any atom is -0.493 e. The molecular weight excluding hydrogens is 392 g/mol. The lowest BCUT2D eigenvalue weighted by Gasteiger charge is -2.21. The Labute approximate surface area is 173 Å². The normalized spacial score (nSPS) is 12.0. The van der Waals surface area contributed by atoms with Crippen molar-refractivity contribution >= 4 is 23.6 Å². The van der Waals surface area contributed by atoms with E-state index in [9.17, 15) is 14.4 Å². The number of esters is 1. The van der Waals surface area contributed by atoms with Gasteiger partial charge in [-0.25, -0.2) is 9.59 Å². The van der Waals surface area contributed by atoms with Gasteiger partial charge >= 0.3 is 12.0 Å². The molecule has 3 amide bonds. The highest BCUT2D eigenvalue weighted by Crippen LogP contribution is 2.40. The van der Waals surface area contributed by atoms with Gasteiger partial charge in [0.15, 0.2) is 18.1 Å². The van der Waals surface area contributed by atoms with E-state index < -0.39 is 24.5 Å². The molecule has 2 aromatic carbocycles. The molecule has 0 fully saturated rings. The molecule has 0 aromatic heterocycles. The average molecular weight is 414 g/mol. The zero-order chi connectivity index (χ0) is 21.7. The van der Waals surface area contributed by atoms with Crippen LogP contribution in [0.1, 0.15) is 21.5 Å². The summed E-state index contributed by atoms with van der Waals surface area (Å²) < 4.78 is 21.1. The molecule has 2 aromatic rings. The quantitative estimate of drug-likeness (QED) is 0.723. The van der Waals surface area contributed by atoms with Gasteiger partial charge in [-0.05, 0) is 37.6 Å². The summed E-state index contributed by atoms with van der Waals surface area (Å²) in [6.07, 6.45) is 0. The molecule has 0 saturated heterocycles. The molecule has 0 atom stereocenters.